The van der Waals surface area contributed by atoms with Crippen molar-refractivity contribution < 1.29 is 9.53 Å². The maximum absolute atomic E-state index is 11.3. The van der Waals surface area contributed by atoms with Crippen molar-refractivity contribution in [2.45, 2.75) is 0 Å². The number of benzene rings is 2. The topological polar surface area (TPSA) is 70.1 Å². The zero-order valence-electron chi connectivity index (χ0n) is 12.4. The zero-order valence-corrected chi connectivity index (χ0v) is 12.4. The number of hydrogen-bond acceptors (Lipinski definition) is 3. The van der Waals surface area contributed by atoms with Crippen molar-refractivity contribution in [2.75, 3.05) is 0 Å². The van der Waals surface area contributed by atoms with E-state index in [1.807, 2.05) is 54.6 Å². The summed E-state index contributed by atoms with van der Waals surface area (Å²) in [7, 11) is 0. The van der Waals surface area contributed by atoms with E-state index < -0.39 is 5.91 Å². The first-order chi connectivity index (χ1) is 11.1. The molecule has 0 aliphatic rings. The van der Waals surface area contributed by atoms with Crippen LogP contribution in [0.25, 0.3) is 18.8 Å². The van der Waals surface area contributed by atoms with Crippen LogP contribution in [0.4, 0.5) is 0 Å². The molecule has 5 heteroatoms. The molecule has 2 N–H and O–H groups in total. The van der Waals surface area contributed by atoms with Crippen LogP contribution in [-0.4, -0.2) is 15.7 Å². The molecule has 0 saturated carbocycles. The Kier molecular flexibility index (Phi) is 3.68. The fraction of sp³-hybridized carbons (Fsp3) is 0. The Bertz CT molecular complexity index is 944. The van der Waals surface area contributed by atoms with Crippen LogP contribution in [0, 0.1) is 0 Å². The van der Waals surface area contributed by atoms with Crippen LogP contribution in [0.15, 0.2) is 54.6 Å². The van der Waals surface area contributed by atoms with Gasteiger partial charge in [-0.1, -0.05) is 31.4 Å². The largest absolute Gasteiger partial charge is 0.457 e. The molecule has 0 unspecified atom stereocenters. The number of rotatable bonds is 4. The summed E-state index contributed by atoms with van der Waals surface area (Å²) >= 11 is 0. The molecule has 0 aliphatic heterocycles. The first-order valence-corrected chi connectivity index (χ1v) is 6.96. The Hall–Kier alpha value is -3.34. The summed E-state index contributed by atoms with van der Waals surface area (Å²) < 4.78 is 7.27. The van der Waals surface area contributed by atoms with Crippen molar-refractivity contribution >= 4 is 19.1 Å². The van der Waals surface area contributed by atoms with Crippen LogP contribution in [0.2, 0.25) is 0 Å². The van der Waals surface area contributed by atoms with Gasteiger partial charge in [-0.05, 0) is 36.4 Å². The molecule has 0 saturated heterocycles. The second-order valence-corrected chi connectivity index (χ2v) is 4.96. The maximum Gasteiger partial charge on any atom is 0.269 e. The number of ether oxygens (including phenoxy) is 1. The lowest BCUT2D eigenvalue weighted by molar-refractivity contribution is 0.0994. The lowest BCUT2D eigenvalue weighted by Crippen LogP contribution is -2.29. The minimum absolute atomic E-state index is 0.125. The molecule has 0 fully saturated rings. The van der Waals surface area contributed by atoms with Gasteiger partial charge in [0.15, 0.2) is 5.69 Å². The van der Waals surface area contributed by atoms with Crippen molar-refractivity contribution in [3.8, 4) is 17.2 Å². The second-order valence-electron chi connectivity index (χ2n) is 4.96. The summed E-state index contributed by atoms with van der Waals surface area (Å²) in [6.45, 7) is 7.68. The number of nitrogens with two attached hydrogens (primary N) is 1. The van der Waals surface area contributed by atoms with E-state index in [4.69, 9.17) is 10.5 Å². The molecule has 0 radical (unpaired) electrons. The summed E-state index contributed by atoms with van der Waals surface area (Å²) in [5, 5.41) is 5.13. The van der Waals surface area contributed by atoms with Gasteiger partial charge >= 0.3 is 0 Å². The van der Waals surface area contributed by atoms with Crippen LogP contribution in [0.1, 0.15) is 10.5 Å². The van der Waals surface area contributed by atoms with Crippen LogP contribution >= 0.6 is 0 Å². The summed E-state index contributed by atoms with van der Waals surface area (Å²) in [6.07, 6.45) is 0. The summed E-state index contributed by atoms with van der Waals surface area (Å²) in [4.78, 5) is 11.3. The molecule has 0 aliphatic carbocycles. The smallest absolute Gasteiger partial charge is 0.269 e. The Labute approximate surface area is 132 Å². The molecular weight excluding hydrogens is 290 g/mol. The van der Waals surface area contributed by atoms with Crippen LogP contribution in [0.3, 0.4) is 0 Å². The molecule has 114 valence electrons. The molecule has 1 heterocycles. The number of hydrogen-bond donors (Lipinski definition) is 1. The van der Waals surface area contributed by atoms with Gasteiger partial charge in [0.25, 0.3) is 5.91 Å². The van der Waals surface area contributed by atoms with Crippen molar-refractivity contribution in [2.24, 2.45) is 5.73 Å². The summed E-state index contributed by atoms with van der Waals surface area (Å²) in [5.41, 5.74) is 6.15. The standard InChI is InChI=1S/C18H15N3O2/c1-12-13(2)21(20-17(12)18(19)22)14-8-10-16(11-9-14)23-15-6-4-3-5-7-15/h3-11H,1-2H2,(H2,19,22). The second kappa shape index (κ2) is 5.81. The Morgan fingerprint density at radius 2 is 1.61 bits per heavy atom. The third kappa shape index (κ3) is 2.85. The Morgan fingerprint density at radius 3 is 2.17 bits per heavy atom. The third-order valence-corrected chi connectivity index (χ3v) is 3.38. The number of nitrogens with zero attached hydrogens (tertiary/aromatic N) is 2. The van der Waals surface area contributed by atoms with E-state index in [2.05, 4.69) is 18.3 Å². The number of para-hydroxylation sites is 1. The molecular formula is C18H15N3O2. The van der Waals surface area contributed by atoms with Gasteiger partial charge in [-0.25, -0.2) is 4.68 Å². The van der Waals surface area contributed by atoms with Gasteiger partial charge in [-0.2, -0.15) is 5.10 Å². The lowest BCUT2D eigenvalue weighted by atomic mass is 10.3. The van der Waals surface area contributed by atoms with Crippen molar-refractivity contribution in [1.29, 1.82) is 0 Å². The van der Waals surface area contributed by atoms with E-state index in [0.29, 0.717) is 16.3 Å². The molecule has 5 nitrogen and oxygen atoms in total. The number of aromatic nitrogens is 2. The highest BCUT2D eigenvalue weighted by atomic mass is 16.5. The van der Waals surface area contributed by atoms with Gasteiger partial charge in [-0.15, -0.1) is 0 Å². The van der Waals surface area contributed by atoms with E-state index in [1.54, 1.807) is 0 Å². The van der Waals surface area contributed by atoms with E-state index in [9.17, 15) is 4.79 Å². The SMILES string of the molecule is C=c1c(C(N)=O)nn(-c2ccc(Oc3ccccc3)cc2)c1=C. The Morgan fingerprint density at radius 1 is 1.00 bits per heavy atom. The summed E-state index contributed by atoms with van der Waals surface area (Å²) in [5.74, 6) is 0.832. The van der Waals surface area contributed by atoms with Gasteiger partial charge in [0.2, 0.25) is 0 Å². The molecule has 2 aromatic carbocycles. The molecule has 1 aromatic heterocycles. The van der Waals surface area contributed by atoms with Crippen LogP contribution < -0.4 is 21.0 Å². The average molecular weight is 305 g/mol. The van der Waals surface area contributed by atoms with Gasteiger partial charge in [-0.3, -0.25) is 4.79 Å². The van der Waals surface area contributed by atoms with Gasteiger partial charge in [0, 0.05) is 5.22 Å². The van der Waals surface area contributed by atoms with Crippen molar-refractivity contribution in [3.05, 3.63) is 70.9 Å². The predicted octanol–water partition coefficient (Wildman–Crippen LogP) is 1.58. The average Bonchev–Trinajstić information content (AvgIpc) is 2.85. The molecule has 0 bridgehead atoms. The molecule has 1 amide bonds. The van der Waals surface area contributed by atoms with E-state index in [-0.39, 0.29) is 5.69 Å². The van der Waals surface area contributed by atoms with Crippen molar-refractivity contribution in [3.63, 3.8) is 0 Å². The van der Waals surface area contributed by atoms with E-state index in [0.717, 1.165) is 11.4 Å². The molecule has 23 heavy (non-hydrogen) atoms. The summed E-state index contributed by atoms with van der Waals surface area (Å²) in [6, 6.07) is 16.8. The highest BCUT2D eigenvalue weighted by Gasteiger charge is 2.10. The molecule has 3 rings (SSSR count). The Balaban J connectivity index is 1.91. The zero-order chi connectivity index (χ0) is 16.4. The minimum Gasteiger partial charge on any atom is -0.457 e. The number of carbonyl (C=O) groups excluding carboxylic acids is 1. The highest BCUT2D eigenvalue weighted by molar-refractivity contribution is 5.90. The lowest BCUT2D eigenvalue weighted by Gasteiger charge is -2.07. The third-order valence-electron chi connectivity index (χ3n) is 3.38. The van der Waals surface area contributed by atoms with Gasteiger partial charge in [0.1, 0.15) is 11.5 Å². The monoisotopic (exact) mass is 305 g/mol. The fourth-order valence-corrected chi connectivity index (χ4v) is 2.18. The first kappa shape index (κ1) is 14.6. The normalized spacial score (nSPS) is 10.4. The fourth-order valence-electron chi connectivity index (χ4n) is 2.18. The number of primary amides is 1. The van der Waals surface area contributed by atoms with Crippen LogP contribution in [0.5, 0.6) is 11.5 Å². The highest BCUT2D eigenvalue weighted by Crippen LogP contribution is 2.21. The quantitative estimate of drug-likeness (QED) is 0.795. The molecule has 0 atom stereocenters. The maximum atomic E-state index is 11.3. The minimum atomic E-state index is -0.623. The van der Waals surface area contributed by atoms with Gasteiger partial charge < -0.3 is 10.5 Å². The van der Waals surface area contributed by atoms with E-state index >= 15 is 0 Å². The van der Waals surface area contributed by atoms with Gasteiger partial charge in [0.05, 0.1) is 11.0 Å². The molecule has 0 spiro atoms. The number of carbonyl (C=O) groups is 1. The van der Waals surface area contributed by atoms with Crippen LogP contribution in [-0.2, 0) is 0 Å². The predicted molar refractivity (Wildman–Crippen MR) is 88.9 cm³/mol. The number of amides is 1. The van der Waals surface area contributed by atoms with Crippen molar-refractivity contribution in [1.82, 2.24) is 9.78 Å². The first-order valence-electron chi connectivity index (χ1n) is 6.96. The van der Waals surface area contributed by atoms with E-state index in [1.165, 1.54) is 4.68 Å². The molecule has 3 aromatic rings.